The molecule has 0 saturated carbocycles. The number of nitrogens with zero attached hydrogens (tertiary/aromatic N) is 3. The smallest absolute Gasteiger partial charge is 0.116 e. The number of aromatic nitrogens is 3. The molecule has 0 aliphatic rings. The molecular formula is C8H9N3O2. The summed E-state index contributed by atoms with van der Waals surface area (Å²) in [5, 5.41) is 16.6. The average molecular weight is 179 g/mol. The Morgan fingerprint density at radius 3 is 3.08 bits per heavy atom. The Bertz CT molecular complexity index is 391. The predicted molar refractivity (Wildman–Crippen MR) is 44.6 cm³/mol. The molecule has 0 spiro atoms. The lowest BCUT2D eigenvalue weighted by atomic mass is 10.2. The third-order valence-electron chi connectivity index (χ3n) is 1.84. The number of furan rings is 1. The fourth-order valence-corrected chi connectivity index (χ4v) is 1.26. The molecule has 0 unspecified atom stereocenters. The van der Waals surface area contributed by atoms with E-state index in [0.29, 0.717) is 5.69 Å². The summed E-state index contributed by atoms with van der Waals surface area (Å²) >= 11 is 0. The first-order valence-electron chi connectivity index (χ1n) is 3.85. The Balaban J connectivity index is 2.55. The molecule has 13 heavy (non-hydrogen) atoms. The lowest BCUT2D eigenvalue weighted by Crippen LogP contribution is -1.94. The zero-order chi connectivity index (χ0) is 9.26. The van der Waals surface area contributed by atoms with Gasteiger partial charge in [-0.15, -0.1) is 5.10 Å². The summed E-state index contributed by atoms with van der Waals surface area (Å²) in [4.78, 5) is 0. The van der Waals surface area contributed by atoms with Crippen LogP contribution in [0.5, 0.6) is 0 Å². The highest BCUT2D eigenvalue weighted by Gasteiger charge is 2.12. The molecule has 0 aliphatic carbocycles. The maximum atomic E-state index is 8.98. The van der Waals surface area contributed by atoms with Gasteiger partial charge in [0.2, 0.25) is 0 Å². The van der Waals surface area contributed by atoms with Crippen LogP contribution in [0.4, 0.5) is 0 Å². The largest absolute Gasteiger partial charge is 0.472 e. The number of aliphatic hydroxyl groups excluding tert-OH is 1. The maximum Gasteiger partial charge on any atom is 0.116 e. The van der Waals surface area contributed by atoms with E-state index in [1.807, 2.05) is 0 Å². The van der Waals surface area contributed by atoms with Crippen LogP contribution in [0.2, 0.25) is 0 Å². The van der Waals surface area contributed by atoms with E-state index in [4.69, 9.17) is 9.52 Å². The first kappa shape index (κ1) is 8.00. The first-order valence-corrected chi connectivity index (χ1v) is 3.85. The van der Waals surface area contributed by atoms with Crippen LogP contribution in [0.3, 0.4) is 0 Å². The van der Waals surface area contributed by atoms with Crippen LogP contribution < -0.4 is 0 Å². The zero-order valence-corrected chi connectivity index (χ0v) is 7.14. The number of aliphatic hydroxyl groups is 1. The molecule has 0 saturated heterocycles. The van der Waals surface area contributed by atoms with Crippen LogP contribution in [0.1, 0.15) is 5.69 Å². The molecular weight excluding hydrogens is 170 g/mol. The Morgan fingerprint density at radius 2 is 2.46 bits per heavy atom. The van der Waals surface area contributed by atoms with Crippen LogP contribution in [0.15, 0.2) is 23.0 Å². The summed E-state index contributed by atoms with van der Waals surface area (Å²) in [6, 6.07) is 1.80. The van der Waals surface area contributed by atoms with Crippen LogP contribution in [0, 0.1) is 0 Å². The minimum Gasteiger partial charge on any atom is -0.472 e. The van der Waals surface area contributed by atoms with Gasteiger partial charge in [-0.3, -0.25) is 0 Å². The molecule has 68 valence electrons. The van der Waals surface area contributed by atoms with Crippen molar-refractivity contribution in [1.82, 2.24) is 15.0 Å². The highest BCUT2D eigenvalue weighted by Crippen LogP contribution is 2.21. The molecule has 2 heterocycles. The molecule has 2 rings (SSSR count). The van der Waals surface area contributed by atoms with E-state index in [1.165, 1.54) is 0 Å². The van der Waals surface area contributed by atoms with Gasteiger partial charge in [0.25, 0.3) is 0 Å². The van der Waals surface area contributed by atoms with Gasteiger partial charge in [-0.1, -0.05) is 5.21 Å². The quantitative estimate of drug-likeness (QED) is 0.731. The van der Waals surface area contributed by atoms with Crippen molar-refractivity contribution in [3.05, 3.63) is 24.3 Å². The highest BCUT2D eigenvalue weighted by atomic mass is 16.3. The summed E-state index contributed by atoms with van der Waals surface area (Å²) in [5.74, 6) is 0. The van der Waals surface area contributed by atoms with E-state index in [-0.39, 0.29) is 6.61 Å². The van der Waals surface area contributed by atoms with Gasteiger partial charge in [-0.2, -0.15) is 0 Å². The number of hydrogen-bond donors (Lipinski definition) is 1. The van der Waals surface area contributed by atoms with Crippen molar-refractivity contribution < 1.29 is 9.52 Å². The van der Waals surface area contributed by atoms with E-state index in [0.717, 1.165) is 11.3 Å². The standard InChI is InChI=1S/C8H9N3O2/c1-11-8(6-2-3-13-5-6)7(4-12)9-10-11/h2-3,5,12H,4H2,1H3. The molecule has 1 N–H and O–H groups in total. The average Bonchev–Trinajstić information content (AvgIpc) is 2.72. The van der Waals surface area contributed by atoms with Crippen molar-refractivity contribution in [2.75, 3.05) is 0 Å². The fraction of sp³-hybridized carbons (Fsp3) is 0.250. The molecule has 0 fully saturated rings. The van der Waals surface area contributed by atoms with Gasteiger partial charge in [0.15, 0.2) is 0 Å². The molecule has 5 heteroatoms. The molecule has 5 nitrogen and oxygen atoms in total. The summed E-state index contributed by atoms with van der Waals surface area (Å²) < 4.78 is 6.55. The van der Waals surface area contributed by atoms with Crippen LogP contribution in [-0.2, 0) is 13.7 Å². The third kappa shape index (κ3) is 1.23. The van der Waals surface area contributed by atoms with E-state index < -0.39 is 0 Å². The van der Waals surface area contributed by atoms with Gasteiger partial charge in [-0.05, 0) is 6.07 Å². The Kier molecular flexibility index (Phi) is 1.86. The molecule has 0 aromatic carbocycles. The molecule has 2 aromatic heterocycles. The minimum atomic E-state index is -0.117. The zero-order valence-electron chi connectivity index (χ0n) is 7.14. The predicted octanol–water partition coefficient (Wildman–Crippen LogP) is 0.567. The minimum absolute atomic E-state index is 0.117. The first-order chi connectivity index (χ1) is 6.33. The topological polar surface area (TPSA) is 64.1 Å². The molecule has 0 aliphatic heterocycles. The Labute approximate surface area is 74.6 Å². The van der Waals surface area contributed by atoms with Crippen molar-refractivity contribution in [2.24, 2.45) is 7.05 Å². The van der Waals surface area contributed by atoms with E-state index in [1.54, 1.807) is 30.3 Å². The lowest BCUT2D eigenvalue weighted by Gasteiger charge is -1.97. The van der Waals surface area contributed by atoms with Crippen molar-refractivity contribution in [2.45, 2.75) is 6.61 Å². The van der Waals surface area contributed by atoms with Gasteiger partial charge in [0, 0.05) is 12.6 Å². The van der Waals surface area contributed by atoms with Gasteiger partial charge in [0.05, 0.1) is 24.8 Å². The molecule has 0 atom stereocenters. The fourth-order valence-electron chi connectivity index (χ4n) is 1.26. The third-order valence-corrected chi connectivity index (χ3v) is 1.84. The lowest BCUT2D eigenvalue weighted by molar-refractivity contribution is 0.277. The maximum absolute atomic E-state index is 8.98. The molecule has 2 aromatic rings. The molecule has 0 bridgehead atoms. The Morgan fingerprint density at radius 1 is 1.62 bits per heavy atom. The van der Waals surface area contributed by atoms with E-state index in [2.05, 4.69) is 10.3 Å². The number of hydrogen-bond acceptors (Lipinski definition) is 4. The van der Waals surface area contributed by atoms with Crippen molar-refractivity contribution in [3.8, 4) is 11.3 Å². The summed E-state index contributed by atoms with van der Waals surface area (Å²) in [7, 11) is 1.77. The summed E-state index contributed by atoms with van der Waals surface area (Å²) in [6.07, 6.45) is 3.17. The van der Waals surface area contributed by atoms with Gasteiger partial charge in [-0.25, -0.2) is 4.68 Å². The summed E-state index contributed by atoms with van der Waals surface area (Å²) in [5.41, 5.74) is 2.22. The van der Waals surface area contributed by atoms with Gasteiger partial charge >= 0.3 is 0 Å². The number of aryl methyl sites for hydroxylation is 1. The van der Waals surface area contributed by atoms with Crippen LogP contribution >= 0.6 is 0 Å². The van der Waals surface area contributed by atoms with E-state index >= 15 is 0 Å². The van der Waals surface area contributed by atoms with E-state index in [9.17, 15) is 0 Å². The highest BCUT2D eigenvalue weighted by molar-refractivity contribution is 5.59. The van der Waals surface area contributed by atoms with Gasteiger partial charge in [0.1, 0.15) is 5.69 Å². The monoisotopic (exact) mass is 179 g/mol. The second-order valence-electron chi connectivity index (χ2n) is 2.68. The number of rotatable bonds is 2. The second-order valence-corrected chi connectivity index (χ2v) is 2.68. The molecule has 0 amide bonds. The van der Waals surface area contributed by atoms with Gasteiger partial charge < -0.3 is 9.52 Å². The van der Waals surface area contributed by atoms with Crippen molar-refractivity contribution in [3.63, 3.8) is 0 Å². The molecule has 0 radical (unpaired) electrons. The SMILES string of the molecule is Cn1nnc(CO)c1-c1ccoc1. The van der Waals surface area contributed by atoms with Crippen LogP contribution in [0.25, 0.3) is 11.3 Å². The van der Waals surface area contributed by atoms with Crippen molar-refractivity contribution in [1.29, 1.82) is 0 Å². The summed E-state index contributed by atoms with van der Waals surface area (Å²) in [6.45, 7) is -0.117. The normalized spacial score (nSPS) is 10.6. The van der Waals surface area contributed by atoms with Crippen molar-refractivity contribution >= 4 is 0 Å². The Hall–Kier alpha value is -1.62. The van der Waals surface area contributed by atoms with Crippen LogP contribution in [-0.4, -0.2) is 20.1 Å². The second kappa shape index (κ2) is 3.02.